The van der Waals surface area contributed by atoms with E-state index in [2.05, 4.69) is 217 Å². The summed E-state index contributed by atoms with van der Waals surface area (Å²) in [5.41, 5.74) is 14.6. The van der Waals surface area contributed by atoms with Crippen molar-refractivity contribution < 1.29 is 13.9 Å². The monoisotopic (exact) mass is 835 g/mol. The lowest BCUT2D eigenvalue weighted by Gasteiger charge is -2.39. The van der Waals surface area contributed by atoms with Crippen molar-refractivity contribution >= 4 is 43.6 Å². The van der Waals surface area contributed by atoms with Crippen molar-refractivity contribution in [2.24, 2.45) is 7.05 Å². The Morgan fingerprint density at radius 2 is 0.984 bits per heavy atom. The Balaban J connectivity index is 0.00000164. The first-order valence-corrected chi connectivity index (χ1v) is 23.1. The van der Waals surface area contributed by atoms with Gasteiger partial charge in [-0.15, -0.1) is 0 Å². The molecule has 0 saturated heterocycles. The highest BCUT2D eigenvalue weighted by Gasteiger charge is 2.58. The molecular formula is C58H66N4O+2. The maximum atomic E-state index is 7.10. The fraction of sp³-hybridized carbons (Fsp3) is 0.379. The van der Waals surface area contributed by atoms with E-state index < -0.39 is 5.41 Å². The summed E-state index contributed by atoms with van der Waals surface area (Å²) >= 11 is 0. The lowest BCUT2D eigenvalue weighted by atomic mass is 9.64. The second-order valence-electron chi connectivity index (χ2n) is 22.5. The molecule has 1 spiro atoms. The van der Waals surface area contributed by atoms with E-state index in [1.165, 1.54) is 45.1 Å². The van der Waals surface area contributed by atoms with Crippen LogP contribution in [0.3, 0.4) is 0 Å². The van der Waals surface area contributed by atoms with E-state index in [1.54, 1.807) is 0 Å². The number of ether oxygens (including phenoxy) is 1. The maximum absolute atomic E-state index is 7.10. The van der Waals surface area contributed by atoms with Gasteiger partial charge in [-0.2, -0.15) is 9.13 Å². The molecule has 0 atom stereocenters. The van der Waals surface area contributed by atoms with Crippen LogP contribution in [0.15, 0.2) is 97.1 Å². The molecule has 0 fully saturated rings. The number of rotatable bonds is 0. The molecule has 0 amide bonds. The van der Waals surface area contributed by atoms with Gasteiger partial charge in [-0.3, -0.25) is 9.97 Å². The molecule has 0 unspecified atom stereocenters. The standard InChI is InChI=1S/C55H58N4O.C3H8/c1-31-27-43(53(8,9)10)56-38-21-16-33-18-26-46-55(36-28-34(51(2,3)4)19-23-41(36)60-42-24-20-35(29-37(42)55)52(5,6)7)45-25-17-32-15-22-39-48(49(32)58(45)14)40(59(46)50(33)47(31)38)30-44(57-39)54(11,12)13;1-3-2/h15-30H,1-14H3;3H2,1-2H3/q+2;. The summed E-state index contributed by atoms with van der Waals surface area (Å²) in [5.74, 6) is 1.75. The number of hydrogen-bond donors (Lipinski definition) is 0. The summed E-state index contributed by atoms with van der Waals surface area (Å²) in [5, 5.41) is 4.65. The average molecular weight is 835 g/mol. The van der Waals surface area contributed by atoms with Crippen LogP contribution in [0.4, 0.5) is 0 Å². The van der Waals surface area contributed by atoms with Crippen LogP contribution in [0.25, 0.3) is 49.3 Å². The molecule has 6 heterocycles. The number of aromatic nitrogens is 4. The Hall–Kier alpha value is -5.68. The average Bonchev–Trinajstić information content (AvgIpc) is 3.20. The van der Waals surface area contributed by atoms with Crippen molar-refractivity contribution in [3.63, 3.8) is 0 Å². The Labute approximate surface area is 375 Å². The minimum atomic E-state index is -0.831. The minimum absolute atomic E-state index is 0.104. The topological polar surface area (TPSA) is 42.8 Å². The largest absolute Gasteiger partial charge is 0.457 e. The SMILES string of the molecule is CCC.Cc1cc(C(C)(C)C)nc2ccc3ccc4[n+](c3c12)-c1cc(C(C)(C)C)nc2ccc3ccc([n+](C)c3c12)C41c2cc(C(C)(C)C)ccc2Oc2ccc(C(C)(C)C)cc21. The predicted molar refractivity (Wildman–Crippen MR) is 262 cm³/mol. The normalized spacial score (nSPS) is 14.3. The fourth-order valence-electron chi connectivity index (χ4n) is 10.0. The van der Waals surface area contributed by atoms with Crippen LogP contribution in [0, 0.1) is 6.92 Å². The predicted octanol–water partition coefficient (Wildman–Crippen LogP) is 13.9. The summed E-state index contributed by atoms with van der Waals surface area (Å²) < 4.78 is 12.2. The van der Waals surface area contributed by atoms with Gasteiger partial charge in [0.25, 0.3) is 0 Å². The quantitative estimate of drug-likeness (QED) is 0.113. The molecule has 4 aromatic carbocycles. The number of hydrogen-bond acceptors (Lipinski definition) is 3. The second-order valence-corrected chi connectivity index (χ2v) is 22.5. The lowest BCUT2D eigenvalue weighted by molar-refractivity contribution is -0.659. The zero-order chi connectivity index (χ0) is 45.3. The Morgan fingerprint density at radius 3 is 1.49 bits per heavy atom. The zero-order valence-corrected chi connectivity index (χ0v) is 40.6. The molecule has 0 radical (unpaired) electrons. The van der Waals surface area contributed by atoms with Crippen LogP contribution in [-0.4, -0.2) is 9.97 Å². The number of nitrogens with zero attached hydrogens (tertiary/aromatic N) is 4. The maximum Gasteiger partial charge on any atom is 0.229 e. The first-order valence-electron chi connectivity index (χ1n) is 23.1. The van der Waals surface area contributed by atoms with Gasteiger partial charge in [-0.25, -0.2) is 0 Å². The highest BCUT2D eigenvalue weighted by molar-refractivity contribution is 6.08. The van der Waals surface area contributed by atoms with Crippen molar-refractivity contribution in [1.29, 1.82) is 0 Å². The molecule has 4 aromatic heterocycles. The fourth-order valence-corrected chi connectivity index (χ4v) is 10.0. The number of fused-ring (bicyclic) bond motifs is 13. The van der Waals surface area contributed by atoms with Gasteiger partial charge in [0.05, 0.1) is 22.1 Å². The molecule has 322 valence electrons. The molecule has 5 heteroatoms. The van der Waals surface area contributed by atoms with Crippen LogP contribution >= 0.6 is 0 Å². The number of benzene rings is 4. The van der Waals surface area contributed by atoms with E-state index in [9.17, 15) is 0 Å². The van der Waals surface area contributed by atoms with Crippen molar-refractivity contribution in [2.75, 3.05) is 0 Å². The van der Waals surface area contributed by atoms with Gasteiger partial charge in [0.15, 0.2) is 5.41 Å². The highest BCUT2D eigenvalue weighted by Crippen LogP contribution is 2.56. The van der Waals surface area contributed by atoms with E-state index >= 15 is 0 Å². The molecule has 0 aliphatic carbocycles. The van der Waals surface area contributed by atoms with Crippen LogP contribution in [0.5, 0.6) is 11.5 Å². The summed E-state index contributed by atoms with van der Waals surface area (Å²) in [7, 11) is 2.27. The van der Waals surface area contributed by atoms with E-state index in [1.807, 2.05) is 0 Å². The van der Waals surface area contributed by atoms with Crippen molar-refractivity contribution in [3.8, 4) is 17.2 Å². The molecule has 2 aliphatic rings. The summed E-state index contributed by atoms with van der Waals surface area (Å²) in [6, 6.07) is 37.0. The molecule has 0 N–H and O–H groups in total. The smallest absolute Gasteiger partial charge is 0.229 e. The Morgan fingerprint density at radius 1 is 0.524 bits per heavy atom. The molecule has 0 saturated carbocycles. The molecule has 8 aromatic rings. The van der Waals surface area contributed by atoms with Crippen LogP contribution in [-0.2, 0) is 34.1 Å². The van der Waals surface area contributed by atoms with E-state index in [0.717, 1.165) is 72.7 Å². The molecule has 10 rings (SSSR count). The molecule has 2 bridgehead atoms. The van der Waals surface area contributed by atoms with Crippen LogP contribution < -0.4 is 13.9 Å². The third kappa shape index (κ3) is 6.47. The van der Waals surface area contributed by atoms with E-state index in [4.69, 9.17) is 14.7 Å². The van der Waals surface area contributed by atoms with Gasteiger partial charge in [-0.05, 0) is 101 Å². The first kappa shape index (κ1) is 42.6. The van der Waals surface area contributed by atoms with Crippen LogP contribution in [0.2, 0.25) is 0 Å². The van der Waals surface area contributed by atoms with E-state index in [-0.39, 0.29) is 21.7 Å². The minimum Gasteiger partial charge on any atom is -0.457 e. The van der Waals surface area contributed by atoms with Crippen molar-refractivity contribution in [2.45, 2.75) is 137 Å². The van der Waals surface area contributed by atoms with E-state index in [0.29, 0.717) is 0 Å². The number of pyridine rings is 4. The third-order valence-electron chi connectivity index (χ3n) is 13.4. The zero-order valence-electron chi connectivity index (χ0n) is 40.6. The van der Waals surface area contributed by atoms with Gasteiger partial charge in [0.1, 0.15) is 23.9 Å². The summed E-state index contributed by atoms with van der Waals surface area (Å²) in [6.07, 6.45) is 1.25. The van der Waals surface area contributed by atoms with Gasteiger partial charge < -0.3 is 4.74 Å². The molecule has 5 nitrogen and oxygen atoms in total. The van der Waals surface area contributed by atoms with Crippen molar-refractivity contribution in [1.82, 2.24) is 9.97 Å². The Bertz CT molecular complexity index is 3140. The Kier molecular flexibility index (Phi) is 9.58. The molecule has 2 aliphatic heterocycles. The highest BCUT2D eigenvalue weighted by atomic mass is 16.5. The summed E-state index contributed by atoms with van der Waals surface area (Å²) in [6.45, 7) is 34.0. The van der Waals surface area contributed by atoms with Gasteiger partial charge in [0, 0.05) is 56.6 Å². The first-order chi connectivity index (χ1) is 29.5. The van der Waals surface area contributed by atoms with Crippen LogP contribution in [0.1, 0.15) is 154 Å². The second kappa shape index (κ2) is 14.2. The van der Waals surface area contributed by atoms with Gasteiger partial charge >= 0.3 is 0 Å². The molecular weight excluding hydrogens is 769 g/mol. The van der Waals surface area contributed by atoms with Gasteiger partial charge in [-0.1, -0.05) is 115 Å². The summed E-state index contributed by atoms with van der Waals surface area (Å²) in [4.78, 5) is 10.9. The number of aryl methyl sites for hydroxylation is 2. The molecule has 63 heavy (non-hydrogen) atoms. The lowest BCUT2D eigenvalue weighted by Crippen LogP contribution is -2.55. The van der Waals surface area contributed by atoms with Gasteiger partial charge in [0.2, 0.25) is 28.1 Å². The third-order valence-corrected chi connectivity index (χ3v) is 13.4. The van der Waals surface area contributed by atoms with Crippen molar-refractivity contribution in [3.05, 3.63) is 148 Å².